The van der Waals surface area contributed by atoms with Gasteiger partial charge in [0.2, 0.25) is 0 Å². The monoisotopic (exact) mass is 1040 g/mol. The third-order valence-corrected chi connectivity index (χ3v) is 15.5. The molecule has 18 heteroatoms. The Morgan fingerprint density at radius 3 is 1.17 bits per heavy atom. The fourth-order valence-electron chi connectivity index (χ4n) is 13.0. The number of carbonyl (C=O) groups excluding carboxylic acids is 6. The maximum absolute atomic E-state index is 12.3. The van der Waals surface area contributed by atoms with E-state index in [-0.39, 0.29) is 37.1 Å². The molecule has 2 aliphatic carbocycles. The van der Waals surface area contributed by atoms with Crippen LogP contribution in [0.4, 0.5) is 11.4 Å². The highest BCUT2D eigenvalue weighted by molar-refractivity contribution is 5.87. The van der Waals surface area contributed by atoms with Crippen LogP contribution in [0.25, 0.3) is 21.8 Å². The number of nitrogens with zero attached hydrogens (tertiary/aromatic N) is 2. The van der Waals surface area contributed by atoms with Gasteiger partial charge in [-0.25, -0.2) is 0 Å². The molecule has 2 fully saturated rings. The molecule has 396 valence electrons. The lowest BCUT2D eigenvalue weighted by Gasteiger charge is -2.47. The molecule has 2 aromatic heterocycles. The molecule has 0 radical (unpaired) electrons. The van der Waals surface area contributed by atoms with Gasteiger partial charge in [0.1, 0.15) is 0 Å². The number of H-pyrrole nitrogens is 2. The van der Waals surface area contributed by atoms with Crippen LogP contribution in [0, 0.1) is 0 Å². The van der Waals surface area contributed by atoms with Crippen molar-refractivity contribution in [3.8, 4) is 0 Å². The number of benzene rings is 4. The molecule has 4 aromatic carbocycles. The first kappa shape index (κ1) is 50.5. The Bertz CT molecular complexity index is 3040. The van der Waals surface area contributed by atoms with E-state index in [4.69, 9.17) is 37.9 Å². The standard InChI is InChI=1S/2C29H30N2O7/c2*1-15(32)36-24-14-35-29(28(38-17(3)34)27(24)37-16(2)33)31-23-11-7-5-9-19(23)21-13-12-20-18-8-4-6-10-22(18)30-25(20)26(21)31/h2*4-11,21,24,26-30H,12-14H2,1-3H3/t2*21-,24?,26+,27?,28?,29?/m10/s1. The summed E-state index contributed by atoms with van der Waals surface area (Å²) >= 11 is 0. The van der Waals surface area contributed by atoms with Gasteiger partial charge in [0, 0.05) is 97.9 Å². The van der Waals surface area contributed by atoms with Crippen molar-refractivity contribution >= 4 is 69.0 Å². The van der Waals surface area contributed by atoms with Crippen LogP contribution >= 0.6 is 0 Å². The Balaban J connectivity index is 0.000000162. The lowest BCUT2D eigenvalue weighted by Crippen LogP contribution is -2.62. The number of para-hydroxylation sites is 4. The average molecular weight is 1040 g/mol. The Kier molecular flexibility index (Phi) is 13.6. The molecule has 6 aromatic rings. The second kappa shape index (κ2) is 20.4. The average Bonchev–Trinajstić information content (AvgIpc) is 4.21. The molecule has 4 aliphatic heterocycles. The summed E-state index contributed by atoms with van der Waals surface area (Å²) in [6.07, 6.45) is -3.77. The molecule has 18 nitrogen and oxygen atoms in total. The highest BCUT2D eigenvalue weighted by atomic mass is 16.7. The Hall–Kier alpha value is -7.70. The summed E-state index contributed by atoms with van der Waals surface area (Å²) in [6, 6.07) is 32.7. The van der Waals surface area contributed by atoms with Crippen LogP contribution in [-0.4, -0.2) is 108 Å². The molecule has 12 rings (SSSR count). The number of hydrogen-bond acceptors (Lipinski definition) is 16. The molecule has 6 aliphatic rings. The van der Waals surface area contributed by atoms with Crippen LogP contribution in [-0.2, 0) is 79.5 Å². The summed E-state index contributed by atoms with van der Waals surface area (Å²) in [5.41, 5.74) is 11.2. The zero-order valence-electron chi connectivity index (χ0n) is 43.0. The number of carbonyl (C=O) groups is 6. The lowest BCUT2D eigenvalue weighted by atomic mass is 9.80. The quantitative estimate of drug-likeness (QED) is 0.110. The van der Waals surface area contributed by atoms with Crippen LogP contribution in [0.15, 0.2) is 97.1 Å². The van der Waals surface area contributed by atoms with Gasteiger partial charge in [-0.2, -0.15) is 0 Å². The molecule has 0 spiro atoms. The molecular weight excluding hydrogens is 977 g/mol. The SMILES string of the molecule is CC(=O)OC1COC(N2c3ccccc3[C@@H]3CCc4c([nH]c5ccccc45)[C@@H]32)C(OC(C)=O)C1OC(C)=O.CC(=O)OC1COC(N2c3ccccc3[C@H]3CCc4c([nH]c5ccccc45)[C@H]32)C(OC(C)=O)C1OC(C)=O. The fraction of sp³-hybridized carbons (Fsp3) is 0.414. The smallest absolute Gasteiger partial charge is 0.303 e. The minimum Gasteiger partial charge on any atom is -0.456 e. The predicted molar refractivity (Wildman–Crippen MR) is 275 cm³/mol. The van der Waals surface area contributed by atoms with Crippen molar-refractivity contribution in [2.45, 2.75) is 140 Å². The van der Waals surface area contributed by atoms with Gasteiger partial charge in [0.15, 0.2) is 49.1 Å². The molecular formula is C58H60N4O14. The Labute approximate surface area is 438 Å². The molecule has 8 unspecified atom stereocenters. The van der Waals surface area contributed by atoms with Crippen molar-refractivity contribution in [3.63, 3.8) is 0 Å². The maximum Gasteiger partial charge on any atom is 0.303 e. The second-order valence-electron chi connectivity index (χ2n) is 20.3. The number of esters is 6. The zero-order chi connectivity index (χ0) is 53.1. The summed E-state index contributed by atoms with van der Waals surface area (Å²) in [6.45, 7) is 7.67. The van der Waals surface area contributed by atoms with E-state index in [0.29, 0.717) is 0 Å². The van der Waals surface area contributed by atoms with Crippen molar-refractivity contribution in [3.05, 3.63) is 131 Å². The maximum atomic E-state index is 12.3. The van der Waals surface area contributed by atoms with E-state index in [9.17, 15) is 28.8 Å². The van der Waals surface area contributed by atoms with Crippen molar-refractivity contribution in [1.82, 2.24) is 9.97 Å². The van der Waals surface area contributed by atoms with Crippen LogP contribution in [0.5, 0.6) is 0 Å². The predicted octanol–water partition coefficient (Wildman–Crippen LogP) is 7.82. The van der Waals surface area contributed by atoms with Gasteiger partial charge in [-0.3, -0.25) is 28.8 Å². The largest absolute Gasteiger partial charge is 0.456 e. The van der Waals surface area contributed by atoms with Gasteiger partial charge in [0.05, 0.1) is 25.3 Å². The van der Waals surface area contributed by atoms with Crippen molar-refractivity contribution in [2.75, 3.05) is 23.0 Å². The van der Waals surface area contributed by atoms with E-state index in [2.05, 4.69) is 56.2 Å². The number of hydrogen-bond donors (Lipinski definition) is 2. The van der Waals surface area contributed by atoms with E-state index in [0.717, 1.165) is 59.5 Å². The van der Waals surface area contributed by atoms with E-state index in [1.54, 1.807) is 0 Å². The zero-order valence-corrected chi connectivity index (χ0v) is 43.0. The molecule has 2 N–H and O–H groups in total. The van der Waals surface area contributed by atoms with Crippen molar-refractivity contribution < 1.29 is 66.7 Å². The third-order valence-electron chi connectivity index (χ3n) is 15.5. The van der Waals surface area contributed by atoms with Gasteiger partial charge >= 0.3 is 35.8 Å². The topological polar surface area (TPSA) is 214 Å². The number of aromatic amines is 2. The molecule has 76 heavy (non-hydrogen) atoms. The van der Waals surface area contributed by atoms with Crippen LogP contribution in [0.2, 0.25) is 0 Å². The molecule has 6 heterocycles. The Morgan fingerprint density at radius 1 is 0.447 bits per heavy atom. The minimum atomic E-state index is -1.03. The van der Waals surface area contributed by atoms with Gasteiger partial charge in [-0.1, -0.05) is 72.8 Å². The minimum absolute atomic E-state index is 0.0183. The summed E-state index contributed by atoms with van der Waals surface area (Å²) < 4.78 is 46.5. The van der Waals surface area contributed by atoms with E-state index in [1.807, 2.05) is 60.7 Å². The molecule has 2 saturated heterocycles. The van der Waals surface area contributed by atoms with Gasteiger partial charge < -0.3 is 57.7 Å². The lowest BCUT2D eigenvalue weighted by molar-refractivity contribution is -0.226. The molecule has 0 bridgehead atoms. The number of aryl methyl sites for hydroxylation is 2. The highest BCUT2D eigenvalue weighted by Gasteiger charge is 2.57. The van der Waals surface area contributed by atoms with Crippen molar-refractivity contribution in [2.24, 2.45) is 0 Å². The van der Waals surface area contributed by atoms with Crippen LogP contribution < -0.4 is 9.80 Å². The summed E-state index contributed by atoms with van der Waals surface area (Å²) in [4.78, 5) is 84.2. The fourth-order valence-corrected chi connectivity index (χ4v) is 13.0. The molecule has 12 atom stereocenters. The summed E-state index contributed by atoms with van der Waals surface area (Å²) in [7, 11) is 0. The first-order valence-electron chi connectivity index (χ1n) is 25.9. The third kappa shape index (κ3) is 9.10. The number of nitrogens with one attached hydrogen (secondary N) is 2. The second-order valence-corrected chi connectivity index (χ2v) is 20.3. The summed E-state index contributed by atoms with van der Waals surface area (Å²) in [5, 5.41) is 2.40. The first-order chi connectivity index (χ1) is 36.7. The number of ether oxygens (including phenoxy) is 8. The molecule has 0 amide bonds. The number of fused-ring (bicyclic) bond motifs is 14. The van der Waals surface area contributed by atoms with E-state index >= 15 is 0 Å². The number of aromatic nitrogens is 2. The van der Waals surface area contributed by atoms with Crippen molar-refractivity contribution in [1.29, 1.82) is 0 Å². The van der Waals surface area contributed by atoms with Gasteiger partial charge in [-0.05, 0) is 72.2 Å². The number of anilines is 2. The van der Waals surface area contributed by atoms with Crippen LogP contribution in [0.3, 0.4) is 0 Å². The van der Waals surface area contributed by atoms with Gasteiger partial charge in [-0.15, -0.1) is 0 Å². The first-order valence-corrected chi connectivity index (χ1v) is 25.9. The van der Waals surface area contributed by atoms with E-state index in [1.165, 1.54) is 74.6 Å². The van der Waals surface area contributed by atoms with Crippen LogP contribution in [0.1, 0.15) is 112 Å². The Morgan fingerprint density at radius 2 is 0.789 bits per heavy atom. The van der Waals surface area contributed by atoms with Gasteiger partial charge in [0.25, 0.3) is 0 Å². The normalized spacial score (nSPS) is 27.7. The summed E-state index contributed by atoms with van der Waals surface area (Å²) in [5.74, 6) is -2.96. The highest BCUT2D eigenvalue weighted by Crippen LogP contribution is 2.58. The van der Waals surface area contributed by atoms with E-state index < -0.39 is 84.9 Å². The number of rotatable bonds is 8. The molecule has 0 saturated carbocycles.